The van der Waals surface area contributed by atoms with Crippen LogP contribution >= 0.6 is 0 Å². The zero-order valence-electron chi connectivity index (χ0n) is 14.9. The first-order valence-corrected chi connectivity index (χ1v) is 9.59. The van der Waals surface area contributed by atoms with Crippen molar-refractivity contribution in [3.8, 4) is 5.69 Å². The molecule has 0 saturated carbocycles. The molecule has 7 nitrogen and oxygen atoms in total. The van der Waals surface area contributed by atoms with Gasteiger partial charge in [0.2, 0.25) is 10.0 Å². The average molecular weight is 411 g/mol. The molecule has 1 N–H and O–H groups in total. The van der Waals surface area contributed by atoms with Gasteiger partial charge >= 0.3 is 6.18 Å². The van der Waals surface area contributed by atoms with Crippen molar-refractivity contribution in [2.24, 2.45) is 0 Å². The number of hydrogen-bond acceptors (Lipinski definition) is 5. The van der Waals surface area contributed by atoms with Gasteiger partial charge in [-0.15, -0.1) is 5.10 Å². The Hall–Kier alpha value is -2.79. The minimum absolute atomic E-state index is 0.135. The van der Waals surface area contributed by atoms with Crippen LogP contribution in [0.5, 0.6) is 0 Å². The van der Waals surface area contributed by atoms with E-state index in [1.165, 1.54) is 10.7 Å². The lowest BCUT2D eigenvalue weighted by molar-refractivity contribution is -0.139. The molecule has 1 heterocycles. The molecule has 0 radical (unpaired) electrons. The van der Waals surface area contributed by atoms with Crippen LogP contribution < -0.4 is 4.72 Å². The van der Waals surface area contributed by atoms with Gasteiger partial charge in [-0.25, -0.2) is 13.1 Å². The highest BCUT2D eigenvalue weighted by Gasteiger charge is 2.36. The quantitative estimate of drug-likeness (QED) is 0.697. The van der Waals surface area contributed by atoms with E-state index in [0.29, 0.717) is 11.8 Å². The second kappa shape index (κ2) is 7.32. The van der Waals surface area contributed by atoms with Crippen LogP contribution in [0.25, 0.3) is 5.69 Å². The molecule has 0 atom stereocenters. The zero-order valence-corrected chi connectivity index (χ0v) is 15.7. The molecule has 1 aromatic heterocycles. The van der Waals surface area contributed by atoms with Crippen LogP contribution in [-0.2, 0) is 22.7 Å². The molecule has 0 fully saturated rings. The van der Waals surface area contributed by atoms with E-state index < -0.39 is 26.7 Å². The summed E-state index contributed by atoms with van der Waals surface area (Å²) in [6.45, 7) is 3.46. The van der Waals surface area contributed by atoms with E-state index in [0.717, 1.165) is 23.3 Å². The van der Waals surface area contributed by atoms with Crippen molar-refractivity contribution in [2.45, 2.75) is 31.5 Å². The highest BCUT2D eigenvalue weighted by molar-refractivity contribution is 7.89. The Morgan fingerprint density at radius 2 is 1.79 bits per heavy atom. The van der Waals surface area contributed by atoms with Crippen LogP contribution in [0.1, 0.15) is 22.5 Å². The molecule has 0 bridgehead atoms. The van der Waals surface area contributed by atoms with E-state index in [1.54, 1.807) is 6.07 Å². The number of hydrogen-bond donors (Lipinski definition) is 1. The molecule has 3 rings (SSSR count). The molecular weight excluding hydrogens is 395 g/mol. The summed E-state index contributed by atoms with van der Waals surface area (Å²) >= 11 is 0. The van der Waals surface area contributed by atoms with E-state index in [2.05, 4.69) is 20.2 Å². The second-order valence-electron chi connectivity index (χ2n) is 6.09. The average Bonchev–Trinajstić information content (AvgIpc) is 3.10. The number of nitrogens with zero attached hydrogens (tertiary/aromatic N) is 4. The Kier molecular flexibility index (Phi) is 5.22. The molecule has 2 aromatic carbocycles. The first-order chi connectivity index (χ1) is 13.1. The maximum atomic E-state index is 13.1. The minimum atomic E-state index is -4.80. The summed E-state index contributed by atoms with van der Waals surface area (Å²) in [5, 5.41) is 11.1. The number of tetrazole rings is 1. The van der Waals surface area contributed by atoms with E-state index in [-0.39, 0.29) is 12.4 Å². The summed E-state index contributed by atoms with van der Waals surface area (Å²) in [6, 6.07) is 9.41. The minimum Gasteiger partial charge on any atom is -0.207 e. The lowest BCUT2D eigenvalue weighted by Gasteiger charge is -2.13. The third kappa shape index (κ3) is 4.04. The predicted octanol–water partition coefficient (Wildman–Crippen LogP) is 2.78. The molecule has 0 unspecified atom stereocenters. The fourth-order valence-electron chi connectivity index (χ4n) is 2.55. The van der Waals surface area contributed by atoms with Crippen LogP contribution in [0.4, 0.5) is 13.2 Å². The Bertz CT molecular complexity index is 1110. The Morgan fingerprint density at radius 3 is 2.46 bits per heavy atom. The van der Waals surface area contributed by atoms with Crippen molar-refractivity contribution in [1.29, 1.82) is 0 Å². The summed E-state index contributed by atoms with van der Waals surface area (Å²) < 4.78 is 67.7. The van der Waals surface area contributed by atoms with Gasteiger partial charge in [0.05, 0.1) is 22.7 Å². The summed E-state index contributed by atoms with van der Waals surface area (Å²) in [4.78, 5) is -0.854. The van der Waals surface area contributed by atoms with Gasteiger partial charge in [0.25, 0.3) is 0 Å². The highest BCUT2D eigenvalue weighted by Crippen LogP contribution is 2.33. The van der Waals surface area contributed by atoms with Crippen molar-refractivity contribution in [3.63, 3.8) is 0 Å². The summed E-state index contributed by atoms with van der Waals surface area (Å²) in [5.41, 5.74) is 1.41. The molecule has 0 aliphatic heterocycles. The van der Waals surface area contributed by atoms with Gasteiger partial charge in [-0.05, 0) is 59.7 Å². The molecular formula is C17H16F3N5O2S. The van der Waals surface area contributed by atoms with Crippen LogP contribution in [0, 0.1) is 13.8 Å². The monoisotopic (exact) mass is 411 g/mol. The van der Waals surface area contributed by atoms with Crippen molar-refractivity contribution in [1.82, 2.24) is 24.9 Å². The van der Waals surface area contributed by atoms with Crippen LogP contribution in [0.2, 0.25) is 0 Å². The number of aromatic nitrogens is 4. The number of sulfonamides is 1. The van der Waals surface area contributed by atoms with Crippen molar-refractivity contribution < 1.29 is 21.6 Å². The molecule has 0 saturated heterocycles. The van der Waals surface area contributed by atoms with Gasteiger partial charge in [0, 0.05) is 0 Å². The predicted molar refractivity (Wildman–Crippen MR) is 94.1 cm³/mol. The fourth-order valence-corrected chi connectivity index (χ4v) is 3.75. The number of alkyl halides is 3. The molecule has 0 spiro atoms. The van der Waals surface area contributed by atoms with E-state index in [4.69, 9.17) is 0 Å². The van der Waals surface area contributed by atoms with Crippen molar-refractivity contribution >= 4 is 10.0 Å². The third-order valence-electron chi connectivity index (χ3n) is 4.17. The van der Waals surface area contributed by atoms with Gasteiger partial charge in [-0.3, -0.25) is 0 Å². The van der Waals surface area contributed by atoms with E-state index in [1.807, 2.05) is 26.0 Å². The first-order valence-electron chi connectivity index (χ1n) is 8.10. The van der Waals surface area contributed by atoms with Gasteiger partial charge in [-0.2, -0.15) is 17.9 Å². The standard InChI is InChI=1S/C17H16F3N5O2S/c1-11-7-8-13(9-12(11)2)25-16(22-23-24-25)10-21-28(26,27)15-6-4-3-5-14(15)17(18,19)20/h3-9,21H,10H2,1-2H3. The van der Waals surface area contributed by atoms with Crippen molar-refractivity contribution in [2.75, 3.05) is 0 Å². The third-order valence-corrected chi connectivity index (χ3v) is 5.63. The lowest BCUT2D eigenvalue weighted by Crippen LogP contribution is -2.27. The summed E-state index contributed by atoms with van der Waals surface area (Å²) in [5.74, 6) is 0.135. The molecule has 28 heavy (non-hydrogen) atoms. The van der Waals surface area contributed by atoms with Gasteiger partial charge in [0.1, 0.15) is 0 Å². The van der Waals surface area contributed by atoms with E-state index >= 15 is 0 Å². The van der Waals surface area contributed by atoms with Crippen LogP contribution in [0.15, 0.2) is 47.4 Å². The summed E-state index contributed by atoms with van der Waals surface area (Å²) in [6.07, 6.45) is -4.80. The van der Waals surface area contributed by atoms with Gasteiger partial charge < -0.3 is 0 Å². The normalized spacial score (nSPS) is 12.3. The highest BCUT2D eigenvalue weighted by atomic mass is 32.2. The Morgan fingerprint density at radius 1 is 1.07 bits per heavy atom. The molecule has 3 aromatic rings. The first kappa shape index (κ1) is 20.0. The molecule has 0 aliphatic rings. The topological polar surface area (TPSA) is 89.8 Å². The van der Waals surface area contributed by atoms with Crippen LogP contribution in [-0.4, -0.2) is 28.6 Å². The maximum absolute atomic E-state index is 13.1. The van der Waals surface area contributed by atoms with Gasteiger partial charge in [-0.1, -0.05) is 18.2 Å². The SMILES string of the molecule is Cc1ccc(-n2nnnc2CNS(=O)(=O)c2ccccc2C(F)(F)F)cc1C. The molecule has 0 amide bonds. The van der Waals surface area contributed by atoms with Crippen molar-refractivity contribution in [3.05, 3.63) is 65.0 Å². The number of benzene rings is 2. The molecule has 0 aliphatic carbocycles. The molecule has 11 heteroatoms. The Balaban J connectivity index is 1.88. The number of aryl methyl sites for hydroxylation is 2. The van der Waals surface area contributed by atoms with Gasteiger partial charge in [0.15, 0.2) is 5.82 Å². The smallest absolute Gasteiger partial charge is 0.207 e. The lowest BCUT2D eigenvalue weighted by atomic mass is 10.1. The number of rotatable bonds is 5. The largest absolute Gasteiger partial charge is 0.417 e. The number of nitrogens with one attached hydrogen (secondary N) is 1. The number of halogens is 3. The van der Waals surface area contributed by atoms with Crippen LogP contribution in [0.3, 0.4) is 0 Å². The zero-order chi connectivity index (χ0) is 20.5. The second-order valence-corrected chi connectivity index (χ2v) is 7.83. The Labute approximate surface area is 159 Å². The fraction of sp³-hybridized carbons (Fsp3) is 0.235. The maximum Gasteiger partial charge on any atom is 0.417 e. The van der Waals surface area contributed by atoms with E-state index in [9.17, 15) is 21.6 Å². The summed E-state index contributed by atoms with van der Waals surface area (Å²) in [7, 11) is -4.44. The molecule has 148 valence electrons.